The maximum atomic E-state index is 12.8. The molecule has 0 aliphatic carbocycles. The molecular formula is C15H19F3O3. The van der Waals surface area contributed by atoms with Gasteiger partial charge in [0.1, 0.15) is 5.75 Å². The quantitative estimate of drug-likeness (QED) is 0.705. The van der Waals surface area contributed by atoms with Gasteiger partial charge in [0.25, 0.3) is 0 Å². The molecule has 1 aromatic carbocycles. The van der Waals surface area contributed by atoms with Crippen LogP contribution in [0.25, 0.3) is 0 Å². The van der Waals surface area contributed by atoms with Crippen LogP contribution in [0.1, 0.15) is 54.9 Å². The first-order valence-corrected chi connectivity index (χ1v) is 6.93. The predicted octanol–water partition coefficient (Wildman–Crippen LogP) is 4.75. The Balaban J connectivity index is 2.66. The first-order valence-electron chi connectivity index (χ1n) is 6.93. The minimum atomic E-state index is -4.71. The molecule has 0 radical (unpaired) electrons. The smallest absolute Gasteiger partial charge is 0.417 e. The fourth-order valence-electron chi connectivity index (χ4n) is 1.93. The summed E-state index contributed by atoms with van der Waals surface area (Å²) in [6.07, 6.45) is 0.340. The first-order chi connectivity index (χ1) is 9.86. The second-order valence-corrected chi connectivity index (χ2v) is 4.77. The minimum Gasteiger partial charge on any atom is -0.494 e. The number of alkyl halides is 3. The van der Waals surface area contributed by atoms with Crippen LogP contribution < -0.4 is 4.74 Å². The van der Waals surface area contributed by atoms with Crippen LogP contribution >= 0.6 is 0 Å². The summed E-state index contributed by atoms with van der Waals surface area (Å²) >= 11 is 0. The highest BCUT2D eigenvalue weighted by atomic mass is 19.4. The Kier molecular flexibility index (Phi) is 6.52. The van der Waals surface area contributed by atoms with Gasteiger partial charge in [0.2, 0.25) is 0 Å². The van der Waals surface area contributed by atoms with Crippen LogP contribution in [-0.2, 0) is 6.18 Å². The molecule has 0 bridgehead atoms. The molecular weight excluding hydrogens is 285 g/mol. The molecule has 0 amide bonds. The number of carboxylic acid groups (broad SMARTS) is 1. The molecule has 0 spiro atoms. The standard InChI is InChI=1S/C15H19F3O3/c1-2-3-4-5-6-9-21-11-7-8-12(14(19)20)13(10-11)15(16,17)18/h7-8,10H,2-6,9H2,1H3,(H,19,20). The van der Waals surface area contributed by atoms with Gasteiger partial charge in [-0.2, -0.15) is 13.2 Å². The zero-order valence-electron chi connectivity index (χ0n) is 11.9. The number of benzene rings is 1. The van der Waals surface area contributed by atoms with Gasteiger partial charge in [-0.05, 0) is 24.6 Å². The maximum absolute atomic E-state index is 12.8. The molecule has 21 heavy (non-hydrogen) atoms. The summed E-state index contributed by atoms with van der Waals surface area (Å²) < 4.78 is 43.7. The molecule has 0 fully saturated rings. The Bertz CT molecular complexity index is 470. The van der Waals surface area contributed by atoms with Crippen molar-refractivity contribution in [2.24, 2.45) is 0 Å². The van der Waals surface area contributed by atoms with E-state index in [-0.39, 0.29) is 5.75 Å². The lowest BCUT2D eigenvalue weighted by atomic mass is 10.1. The van der Waals surface area contributed by atoms with Crippen LogP contribution in [0.3, 0.4) is 0 Å². The summed E-state index contributed by atoms with van der Waals surface area (Å²) in [5, 5.41) is 8.78. The summed E-state index contributed by atoms with van der Waals surface area (Å²) in [6.45, 7) is 2.42. The molecule has 0 unspecified atom stereocenters. The Morgan fingerprint density at radius 3 is 2.43 bits per heavy atom. The van der Waals surface area contributed by atoms with Gasteiger partial charge in [-0.25, -0.2) is 4.79 Å². The molecule has 0 aliphatic rings. The van der Waals surface area contributed by atoms with Crippen molar-refractivity contribution in [2.45, 2.75) is 45.2 Å². The second-order valence-electron chi connectivity index (χ2n) is 4.77. The highest BCUT2D eigenvalue weighted by molar-refractivity contribution is 5.89. The minimum absolute atomic E-state index is 0.0443. The van der Waals surface area contributed by atoms with Crippen molar-refractivity contribution >= 4 is 5.97 Å². The van der Waals surface area contributed by atoms with Gasteiger partial charge in [-0.15, -0.1) is 0 Å². The van der Waals surface area contributed by atoms with E-state index >= 15 is 0 Å². The van der Waals surface area contributed by atoms with Crippen LogP contribution in [0.5, 0.6) is 5.75 Å². The number of unbranched alkanes of at least 4 members (excludes halogenated alkanes) is 4. The fourth-order valence-corrected chi connectivity index (χ4v) is 1.93. The van der Waals surface area contributed by atoms with Gasteiger partial charge in [0.05, 0.1) is 17.7 Å². The van der Waals surface area contributed by atoms with Crippen molar-refractivity contribution < 1.29 is 27.8 Å². The summed E-state index contributed by atoms with van der Waals surface area (Å²) in [4.78, 5) is 10.8. The molecule has 0 saturated heterocycles. The summed E-state index contributed by atoms with van der Waals surface area (Å²) in [7, 11) is 0. The molecule has 0 heterocycles. The van der Waals surface area contributed by atoms with E-state index in [2.05, 4.69) is 6.92 Å². The third-order valence-corrected chi connectivity index (χ3v) is 3.04. The largest absolute Gasteiger partial charge is 0.494 e. The Labute approximate surface area is 121 Å². The number of aromatic carboxylic acids is 1. The van der Waals surface area contributed by atoms with E-state index in [0.29, 0.717) is 6.61 Å². The average molecular weight is 304 g/mol. The molecule has 6 heteroatoms. The number of hydrogen-bond acceptors (Lipinski definition) is 2. The van der Waals surface area contributed by atoms with Crippen LogP contribution in [0.2, 0.25) is 0 Å². The van der Waals surface area contributed by atoms with E-state index in [9.17, 15) is 18.0 Å². The second kappa shape index (κ2) is 7.90. The molecule has 0 saturated carbocycles. The van der Waals surface area contributed by atoms with Gasteiger partial charge in [0.15, 0.2) is 0 Å². The molecule has 1 rings (SSSR count). The molecule has 1 aromatic rings. The van der Waals surface area contributed by atoms with Crippen molar-refractivity contribution in [3.05, 3.63) is 29.3 Å². The van der Waals surface area contributed by atoms with Gasteiger partial charge >= 0.3 is 12.1 Å². The van der Waals surface area contributed by atoms with Gasteiger partial charge in [-0.3, -0.25) is 0 Å². The summed E-state index contributed by atoms with van der Waals surface area (Å²) in [5.41, 5.74) is -1.95. The number of hydrogen-bond donors (Lipinski definition) is 1. The van der Waals surface area contributed by atoms with Crippen molar-refractivity contribution in [2.75, 3.05) is 6.61 Å². The molecule has 3 nitrogen and oxygen atoms in total. The lowest BCUT2D eigenvalue weighted by molar-refractivity contribution is -0.138. The van der Waals surface area contributed by atoms with E-state index in [1.54, 1.807) is 0 Å². The van der Waals surface area contributed by atoms with Crippen LogP contribution in [0.15, 0.2) is 18.2 Å². The monoisotopic (exact) mass is 304 g/mol. The van der Waals surface area contributed by atoms with Gasteiger partial charge in [-0.1, -0.05) is 32.6 Å². The van der Waals surface area contributed by atoms with Crippen LogP contribution in [0.4, 0.5) is 13.2 Å². The van der Waals surface area contributed by atoms with Gasteiger partial charge < -0.3 is 9.84 Å². The third kappa shape index (κ3) is 5.65. The lowest BCUT2D eigenvalue weighted by Gasteiger charge is -2.13. The molecule has 118 valence electrons. The predicted molar refractivity (Wildman–Crippen MR) is 72.7 cm³/mol. The Hall–Kier alpha value is -1.72. The zero-order chi connectivity index (χ0) is 15.9. The summed E-state index contributed by atoms with van der Waals surface area (Å²) in [6, 6.07) is 2.93. The number of halogens is 3. The maximum Gasteiger partial charge on any atom is 0.417 e. The highest BCUT2D eigenvalue weighted by Crippen LogP contribution is 2.34. The molecule has 0 atom stereocenters. The Morgan fingerprint density at radius 2 is 1.86 bits per heavy atom. The van der Waals surface area contributed by atoms with E-state index in [1.165, 1.54) is 6.07 Å². The third-order valence-electron chi connectivity index (χ3n) is 3.04. The first kappa shape index (κ1) is 17.3. The van der Waals surface area contributed by atoms with E-state index in [0.717, 1.165) is 44.2 Å². The fraction of sp³-hybridized carbons (Fsp3) is 0.533. The summed E-state index contributed by atoms with van der Waals surface area (Å²) in [5.74, 6) is -1.56. The Morgan fingerprint density at radius 1 is 1.19 bits per heavy atom. The van der Waals surface area contributed by atoms with Crippen LogP contribution in [-0.4, -0.2) is 17.7 Å². The van der Waals surface area contributed by atoms with Crippen molar-refractivity contribution in [3.8, 4) is 5.75 Å². The number of carbonyl (C=O) groups is 1. The number of rotatable bonds is 8. The number of ether oxygens (including phenoxy) is 1. The zero-order valence-corrected chi connectivity index (χ0v) is 11.9. The average Bonchev–Trinajstić information content (AvgIpc) is 2.41. The molecule has 0 aromatic heterocycles. The number of carboxylic acids is 1. The topological polar surface area (TPSA) is 46.5 Å². The van der Waals surface area contributed by atoms with Gasteiger partial charge in [0, 0.05) is 0 Å². The van der Waals surface area contributed by atoms with Crippen molar-refractivity contribution in [3.63, 3.8) is 0 Å². The highest BCUT2D eigenvalue weighted by Gasteiger charge is 2.35. The van der Waals surface area contributed by atoms with E-state index in [4.69, 9.17) is 9.84 Å². The van der Waals surface area contributed by atoms with Crippen molar-refractivity contribution in [1.82, 2.24) is 0 Å². The van der Waals surface area contributed by atoms with Crippen molar-refractivity contribution in [1.29, 1.82) is 0 Å². The van der Waals surface area contributed by atoms with E-state index < -0.39 is 23.3 Å². The van der Waals surface area contributed by atoms with Crippen LogP contribution in [0, 0.1) is 0 Å². The molecule has 1 N–H and O–H groups in total. The normalized spacial score (nSPS) is 11.4. The SMILES string of the molecule is CCCCCCCOc1ccc(C(=O)O)c(C(F)(F)F)c1. The lowest BCUT2D eigenvalue weighted by Crippen LogP contribution is -2.13. The van der Waals surface area contributed by atoms with E-state index in [1.807, 2.05) is 0 Å². The molecule has 0 aliphatic heterocycles.